The molecule has 0 aliphatic rings. The van der Waals surface area contributed by atoms with Crippen molar-refractivity contribution in [1.29, 1.82) is 0 Å². The van der Waals surface area contributed by atoms with E-state index in [1.165, 1.54) is 7.11 Å². The molecule has 1 rings (SSSR count). The third kappa shape index (κ3) is 7.75. The van der Waals surface area contributed by atoms with Crippen LogP contribution in [0.5, 0.6) is 0 Å². The van der Waals surface area contributed by atoms with E-state index >= 15 is 0 Å². The number of anilines is 1. The van der Waals surface area contributed by atoms with E-state index in [-0.39, 0.29) is 12.4 Å². The number of carbonyl (C=O) groups is 2. The van der Waals surface area contributed by atoms with Gasteiger partial charge in [-0.05, 0) is 51.0 Å². The monoisotopic (exact) mass is 375 g/mol. The highest BCUT2D eigenvalue weighted by atomic mass is 28.3. The molecule has 0 aliphatic heterocycles. The number of esters is 1. The van der Waals surface area contributed by atoms with Crippen molar-refractivity contribution < 1.29 is 19.1 Å². The second-order valence-electron chi connectivity index (χ2n) is 8.20. The first-order valence-corrected chi connectivity index (χ1v) is 12.0. The number of hydrogen-bond acceptors (Lipinski definition) is 4. The first kappa shape index (κ1) is 21.8. The van der Waals surface area contributed by atoms with E-state index in [0.29, 0.717) is 5.69 Å². The lowest BCUT2D eigenvalue weighted by Crippen LogP contribution is -2.27. The van der Waals surface area contributed by atoms with Crippen LogP contribution in [0.2, 0.25) is 19.6 Å². The molecular weight excluding hydrogens is 346 g/mol. The van der Waals surface area contributed by atoms with Crippen molar-refractivity contribution in [2.24, 2.45) is 0 Å². The second kappa shape index (κ2) is 8.41. The fourth-order valence-corrected chi connectivity index (χ4v) is 2.55. The first-order valence-electron chi connectivity index (χ1n) is 8.54. The zero-order chi connectivity index (χ0) is 20.1. The number of carbonyl (C=O) groups excluding carboxylic acids is 2. The smallest absolute Gasteiger partial charge is 0.412 e. The van der Waals surface area contributed by atoms with Gasteiger partial charge in [0.25, 0.3) is 0 Å². The van der Waals surface area contributed by atoms with Crippen LogP contribution in [0.15, 0.2) is 12.1 Å². The second-order valence-corrected chi connectivity index (χ2v) is 12.9. The topological polar surface area (TPSA) is 64.6 Å². The number of methoxy groups -OCH3 is 1. The highest BCUT2D eigenvalue weighted by Crippen LogP contribution is 2.23. The first-order chi connectivity index (χ1) is 11.8. The number of rotatable bonds is 3. The summed E-state index contributed by atoms with van der Waals surface area (Å²) in [6, 6.07) is 3.63. The summed E-state index contributed by atoms with van der Waals surface area (Å²) in [5.41, 5.74) is 5.67. The van der Waals surface area contributed by atoms with Crippen molar-refractivity contribution >= 4 is 25.8 Å². The quantitative estimate of drug-likeness (QED) is 0.486. The molecule has 0 spiro atoms. The van der Waals surface area contributed by atoms with E-state index in [1.54, 1.807) is 26.8 Å². The summed E-state index contributed by atoms with van der Waals surface area (Å²) in [5.74, 6) is 2.87. The molecular formula is C20H29NO4Si. The lowest BCUT2D eigenvalue weighted by atomic mass is 10.0. The third-order valence-corrected chi connectivity index (χ3v) is 4.13. The zero-order valence-electron chi connectivity index (χ0n) is 17.0. The Balaban J connectivity index is 3.29. The molecule has 0 atom stereocenters. The maximum atomic E-state index is 12.1. The van der Waals surface area contributed by atoms with Crippen LogP contribution in [0.4, 0.5) is 10.5 Å². The van der Waals surface area contributed by atoms with Crippen molar-refractivity contribution in [2.45, 2.75) is 59.4 Å². The minimum Gasteiger partial charge on any atom is -0.469 e. The molecule has 1 N–H and O–H groups in total. The fourth-order valence-electron chi connectivity index (χ4n) is 2.04. The number of amides is 1. The molecule has 1 aromatic rings. The van der Waals surface area contributed by atoms with Gasteiger partial charge in [-0.1, -0.05) is 25.6 Å². The van der Waals surface area contributed by atoms with Crippen molar-refractivity contribution in [3.8, 4) is 11.5 Å². The Kier molecular flexibility index (Phi) is 7.05. The molecule has 1 aromatic carbocycles. The minimum absolute atomic E-state index is 0.113. The van der Waals surface area contributed by atoms with Crippen molar-refractivity contribution in [3.63, 3.8) is 0 Å². The highest BCUT2D eigenvalue weighted by Gasteiger charge is 2.18. The van der Waals surface area contributed by atoms with Gasteiger partial charge in [-0.2, -0.15) is 0 Å². The molecule has 0 bridgehead atoms. The van der Waals surface area contributed by atoms with Crippen molar-refractivity contribution in [1.82, 2.24) is 0 Å². The van der Waals surface area contributed by atoms with Gasteiger partial charge >= 0.3 is 12.1 Å². The highest BCUT2D eigenvalue weighted by molar-refractivity contribution is 6.83. The maximum Gasteiger partial charge on any atom is 0.412 e. The van der Waals surface area contributed by atoms with Crippen LogP contribution in [-0.2, 0) is 20.7 Å². The van der Waals surface area contributed by atoms with Crippen LogP contribution in [0.1, 0.15) is 37.5 Å². The summed E-state index contributed by atoms with van der Waals surface area (Å²) in [5, 5.41) is 2.77. The summed E-state index contributed by atoms with van der Waals surface area (Å²) in [4.78, 5) is 23.8. The summed E-state index contributed by atoms with van der Waals surface area (Å²) in [6.07, 6.45) is -0.429. The van der Waals surface area contributed by atoms with Crippen molar-refractivity contribution in [2.75, 3.05) is 12.4 Å². The molecule has 6 heteroatoms. The molecule has 0 fully saturated rings. The Morgan fingerprint density at radius 2 is 1.81 bits per heavy atom. The lowest BCUT2D eigenvalue weighted by Gasteiger charge is -2.20. The molecule has 1 amide bonds. The van der Waals surface area contributed by atoms with Gasteiger partial charge in [0.2, 0.25) is 0 Å². The summed E-state index contributed by atoms with van der Waals surface area (Å²) in [6.45, 7) is 13.8. The van der Waals surface area contributed by atoms with Gasteiger partial charge in [0, 0.05) is 11.3 Å². The Hall–Kier alpha value is -2.26. The van der Waals surface area contributed by atoms with Gasteiger partial charge in [0.15, 0.2) is 0 Å². The van der Waals surface area contributed by atoms with Crippen LogP contribution in [-0.4, -0.2) is 32.8 Å². The van der Waals surface area contributed by atoms with Gasteiger partial charge in [0.05, 0.1) is 13.5 Å². The van der Waals surface area contributed by atoms with E-state index in [0.717, 1.165) is 16.7 Å². The zero-order valence-corrected chi connectivity index (χ0v) is 18.0. The van der Waals surface area contributed by atoms with Crippen LogP contribution in [0.3, 0.4) is 0 Å². The van der Waals surface area contributed by atoms with E-state index in [1.807, 2.05) is 13.0 Å². The number of hydrogen-bond donors (Lipinski definition) is 1. The third-order valence-electron chi connectivity index (χ3n) is 3.25. The van der Waals surface area contributed by atoms with E-state index in [9.17, 15) is 9.59 Å². The van der Waals surface area contributed by atoms with Gasteiger partial charge in [-0.3, -0.25) is 10.1 Å². The van der Waals surface area contributed by atoms with Crippen LogP contribution >= 0.6 is 0 Å². The predicted molar refractivity (Wildman–Crippen MR) is 107 cm³/mol. The molecule has 5 nitrogen and oxygen atoms in total. The molecule has 0 radical (unpaired) electrons. The Morgan fingerprint density at radius 3 is 2.31 bits per heavy atom. The minimum atomic E-state index is -1.57. The Labute approximate surface area is 157 Å². The average molecular weight is 376 g/mol. The maximum absolute atomic E-state index is 12.1. The molecule has 0 aliphatic carbocycles. The standard InChI is InChI=1S/C20H29NO4Si/c1-14-16(9-10-26(6,7)8)11-15(13-18(22)24-5)12-17(14)21-19(23)25-20(2,3)4/h11-12H,13H2,1-8H3,(H,21,23). The normalized spacial score (nSPS) is 11.2. The van der Waals surface area contributed by atoms with Crippen LogP contribution < -0.4 is 5.32 Å². The van der Waals surface area contributed by atoms with Gasteiger partial charge in [-0.15, -0.1) is 5.54 Å². The number of benzene rings is 1. The molecule has 0 saturated heterocycles. The summed E-state index contributed by atoms with van der Waals surface area (Å²) < 4.78 is 10.1. The van der Waals surface area contributed by atoms with Crippen LogP contribution in [0.25, 0.3) is 0 Å². The van der Waals surface area contributed by atoms with E-state index in [4.69, 9.17) is 9.47 Å². The van der Waals surface area contributed by atoms with Gasteiger partial charge in [0.1, 0.15) is 13.7 Å². The SMILES string of the molecule is COC(=O)Cc1cc(C#C[Si](C)(C)C)c(C)c(NC(=O)OC(C)(C)C)c1. The summed E-state index contributed by atoms with van der Waals surface area (Å²) >= 11 is 0. The Bertz CT molecular complexity index is 746. The average Bonchev–Trinajstić information content (AvgIpc) is 2.45. The molecule has 0 heterocycles. The van der Waals surface area contributed by atoms with Gasteiger partial charge in [-0.25, -0.2) is 4.79 Å². The van der Waals surface area contributed by atoms with E-state index < -0.39 is 19.8 Å². The molecule has 0 aromatic heterocycles. The van der Waals surface area contributed by atoms with Crippen LogP contribution in [0, 0.1) is 18.4 Å². The van der Waals surface area contributed by atoms with E-state index in [2.05, 4.69) is 36.4 Å². The predicted octanol–water partition coefficient (Wildman–Crippen LogP) is 4.29. The lowest BCUT2D eigenvalue weighted by molar-refractivity contribution is -0.139. The Morgan fingerprint density at radius 1 is 1.19 bits per heavy atom. The van der Waals surface area contributed by atoms with Crippen molar-refractivity contribution in [3.05, 3.63) is 28.8 Å². The molecule has 0 saturated carbocycles. The number of ether oxygens (including phenoxy) is 2. The molecule has 142 valence electrons. The molecule has 0 unspecified atom stereocenters. The molecule has 26 heavy (non-hydrogen) atoms. The van der Waals surface area contributed by atoms with Gasteiger partial charge < -0.3 is 9.47 Å². The number of nitrogens with one attached hydrogen (secondary N) is 1. The largest absolute Gasteiger partial charge is 0.469 e. The fraction of sp³-hybridized carbons (Fsp3) is 0.500. The summed E-state index contributed by atoms with van der Waals surface area (Å²) in [7, 11) is -0.216.